The van der Waals surface area contributed by atoms with Gasteiger partial charge in [-0.15, -0.1) is 0 Å². The molecule has 174 valence electrons. The molecule has 0 atom stereocenters. The predicted octanol–water partition coefficient (Wildman–Crippen LogP) is 5.11. The minimum atomic E-state index is -3.23. The molecule has 3 rings (SSSR count). The first-order chi connectivity index (χ1) is 15.6. The van der Waals surface area contributed by atoms with Gasteiger partial charge in [0.1, 0.15) is 18.2 Å². The van der Waals surface area contributed by atoms with Crippen LogP contribution in [-0.2, 0) is 22.9 Å². The Labute approximate surface area is 195 Å². The number of carbonyl (C=O) groups excluding carboxylic acids is 1. The van der Waals surface area contributed by atoms with Crippen LogP contribution in [0.4, 0.5) is 11.4 Å². The molecule has 0 saturated heterocycles. The Morgan fingerprint density at radius 3 is 2.36 bits per heavy atom. The molecular weight excluding hydrogens is 436 g/mol. The summed E-state index contributed by atoms with van der Waals surface area (Å²) in [6.45, 7) is 6.41. The Bertz CT molecular complexity index is 1240. The number of rotatable bonds is 9. The number of ether oxygens (including phenoxy) is 1. The highest BCUT2D eigenvalue weighted by molar-refractivity contribution is 7.90. The summed E-state index contributed by atoms with van der Waals surface area (Å²) in [6.07, 6.45) is 2.07. The molecule has 0 aliphatic carbocycles. The van der Waals surface area contributed by atoms with Crippen LogP contribution in [0.25, 0.3) is 0 Å². The molecule has 0 bridgehead atoms. The fourth-order valence-corrected chi connectivity index (χ4v) is 3.70. The number of hydrogen-bond acceptors (Lipinski definition) is 5. The number of anilines is 2. The van der Waals surface area contributed by atoms with Crippen molar-refractivity contribution in [1.82, 2.24) is 0 Å². The molecule has 3 aromatic carbocycles. The van der Waals surface area contributed by atoms with Gasteiger partial charge in [0.05, 0.1) is 5.69 Å². The van der Waals surface area contributed by atoms with E-state index < -0.39 is 9.84 Å². The summed E-state index contributed by atoms with van der Waals surface area (Å²) in [5.41, 5.74) is 6.08. The molecule has 0 aromatic heterocycles. The molecule has 0 radical (unpaired) electrons. The highest BCUT2D eigenvalue weighted by atomic mass is 32.2. The number of benzene rings is 3. The third-order valence-electron chi connectivity index (χ3n) is 5.28. The van der Waals surface area contributed by atoms with Crippen molar-refractivity contribution in [2.24, 2.45) is 0 Å². The van der Waals surface area contributed by atoms with Gasteiger partial charge in [-0.2, -0.15) is 0 Å². The smallest absolute Gasteiger partial charge is 0.255 e. The molecule has 0 spiro atoms. The van der Waals surface area contributed by atoms with Gasteiger partial charge in [0, 0.05) is 23.6 Å². The predicted molar refractivity (Wildman–Crippen MR) is 134 cm³/mol. The first-order valence-corrected chi connectivity index (χ1v) is 12.9. The van der Waals surface area contributed by atoms with E-state index in [2.05, 4.69) is 23.6 Å². The lowest BCUT2D eigenvalue weighted by Gasteiger charge is -2.16. The third kappa shape index (κ3) is 7.08. The van der Waals surface area contributed by atoms with E-state index in [1.807, 2.05) is 38.1 Å². The highest BCUT2D eigenvalue weighted by Gasteiger charge is 2.12. The van der Waals surface area contributed by atoms with Gasteiger partial charge in [-0.05, 0) is 61.2 Å². The van der Waals surface area contributed by atoms with Crippen molar-refractivity contribution in [3.63, 3.8) is 0 Å². The van der Waals surface area contributed by atoms with E-state index in [4.69, 9.17) is 4.74 Å². The maximum atomic E-state index is 12.7. The lowest BCUT2D eigenvalue weighted by Crippen LogP contribution is -2.14. The van der Waals surface area contributed by atoms with Gasteiger partial charge in [-0.3, -0.25) is 4.79 Å². The van der Waals surface area contributed by atoms with Gasteiger partial charge in [-0.25, -0.2) is 8.42 Å². The molecule has 0 aliphatic heterocycles. The van der Waals surface area contributed by atoms with Gasteiger partial charge in [0.15, 0.2) is 9.84 Å². The maximum Gasteiger partial charge on any atom is 0.255 e. The van der Waals surface area contributed by atoms with Crippen LogP contribution in [0.1, 0.15) is 39.5 Å². The van der Waals surface area contributed by atoms with Crippen molar-refractivity contribution >= 4 is 27.1 Å². The summed E-state index contributed by atoms with van der Waals surface area (Å²) >= 11 is 0. The molecule has 6 nitrogen and oxygen atoms in total. The highest BCUT2D eigenvalue weighted by Crippen LogP contribution is 2.30. The Morgan fingerprint density at radius 2 is 1.70 bits per heavy atom. The van der Waals surface area contributed by atoms with E-state index >= 15 is 0 Å². The molecule has 2 N–H and O–H groups in total. The molecule has 0 aliphatic rings. The average Bonchev–Trinajstić information content (AvgIpc) is 2.78. The van der Waals surface area contributed by atoms with Crippen LogP contribution >= 0.6 is 0 Å². The topological polar surface area (TPSA) is 84.5 Å². The molecule has 3 aromatic rings. The molecule has 7 heteroatoms. The summed E-state index contributed by atoms with van der Waals surface area (Å²) in [5.74, 6) is 0.0103. The third-order valence-corrected chi connectivity index (χ3v) is 5.95. The van der Waals surface area contributed by atoms with Crippen molar-refractivity contribution in [2.45, 2.75) is 33.8 Å². The fourth-order valence-electron chi connectivity index (χ4n) is 3.28. The zero-order valence-electron chi connectivity index (χ0n) is 19.4. The van der Waals surface area contributed by atoms with Crippen molar-refractivity contribution < 1.29 is 17.9 Å². The average molecular weight is 467 g/mol. The van der Waals surface area contributed by atoms with Crippen LogP contribution < -0.4 is 15.4 Å². The van der Waals surface area contributed by atoms with Gasteiger partial charge in [0.2, 0.25) is 0 Å². The van der Waals surface area contributed by atoms with Crippen LogP contribution in [0.5, 0.6) is 5.75 Å². The van der Waals surface area contributed by atoms with Crippen LogP contribution in [0.15, 0.2) is 60.7 Å². The van der Waals surface area contributed by atoms with E-state index in [0.717, 1.165) is 34.9 Å². The molecular formula is C26H30N2O4S. The summed E-state index contributed by atoms with van der Waals surface area (Å²) in [7, 11) is -3.23. The van der Waals surface area contributed by atoms with Crippen molar-refractivity contribution in [1.29, 1.82) is 0 Å². The first kappa shape index (κ1) is 24.3. The van der Waals surface area contributed by atoms with Gasteiger partial charge in [0.25, 0.3) is 5.91 Å². The second-order valence-corrected chi connectivity index (χ2v) is 10.3. The summed E-state index contributed by atoms with van der Waals surface area (Å²) < 4.78 is 29.3. The number of carbonyl (C=O) groups is 1. The standard InChI is InChI=1S/C26H30N2O4S/c1-5-20-8-10-21(11-9-20)26(29)28-23-12-13-24(27-17-33(4,30)31)25(15-23)32-16-22-14-18(2)6-7-19(22)3/h6-15,27H,5,16-17H2,1-4H3,(H,28,29). The van der Waals surface area contributed by atoms with Crippen molar-refractivity contribution in [2.75, 3.05) is 22.8 Å². The Morgan fingerprint density at radius 1 is 0.970 bits per heavy atom. The summed E-state index contributed by atoms with van der Waals surface area (Å²) in [4.78, 5) is 12.7. The summed E-state index contributed by atoms with van der Waals surface area (Å²) in [6, 6.07) is 18.7. The maximum absolute atomic E-state index is 12.7. The van der Waals surface area contributed by atoms with E-state index in [1.54, 1.807) is 30.3 Å². The number of amides is 1. The molecule has 1 amide bonds. The molecule has 0 fully saturated rings. The molecule has 0 heterocycles. The number of nitrogens with one attached hydrogen (secondary N) is 2. The largest absolute Gasteiger partial charge is 0.487 e. The van der Waals surface area contributed by atoms with Crippen LogP contribution in [0.3, 0.4) is 0 Å². The van der Waals surface area contributed by atoms with Gasteiger partial charge in [-0.1, -0.05) is 42.8 Å². The van der Waals surface area contributed by atoms with Crippen LogP contribution in [-0.4, -0.2) is 26.5 Å². The lowest BCUT2D eigenvalue weighted by molar-refractivity contribution is 0.102. The second kappa shape index (κ2) is 10.5. The minimum absolute atomic E-state index is 0.220. The quantitative estimate of drug-likeness (QED) is 0.458. The molecule has 0 saturated carbocycles. The normalized spacial score (nSPS) is 11.2. The Balaban J connectivity index is 1.82. The number of hydrogen-bond donors (Lipinski definition) is 2. The van der Waals surface area contributed by atoms with E-state index in [9.17, 15) is 13.2 Å². The number of sulfone groups is 1. The molecule has 0 unspecified atom stereocenters. The van der Waals surface area contributed by atoms with Crippen molar-refractivity contribution in [3.05, 3.63) is 88.5 Å². The van der Waals surface area contributed by atoms with E-state index in [0.29, 0.717) is 29.3 Å². The minimum Gasteiger partial charge on any atom is -0.487 e. The van der Waals surface area contributed by atoms with E-state index in [-0.39, 0.29) is 11.8 Å². The van der Waals surface area contributed by atoms with E-state index in [1.165, 1.54) is 0 Å². The molecule has 33 heavy (non-hydrogen) atoms. The monoisotopic (exact) mass is 466 g/mol. The van der Waals surface area contributed by atoms with Crippen LogP contribution in [0, 0.1) is 13.8 Å². The SMILES string of the molecule is CCc1ccc(C(=O)Nc2ccc(NCS(C)(=O)=O)c(OCc3cc(C)ccc3C)c2)cc1. The summed E-state index contributed by atoms with van der Waals surface area (Å²) in [5, 5.41) is 5.80. The Kier molecular flexibility index (Phi) is 7.76. The van der Waals surface area contributed by atoms with Gasteiger partial charge < -0.3 is 15.4 Å². The van der Waals surface area contributed by atoms with Gasteiger partial charge >= 0.3 is 0 Å². The Hall–Kier alpha value is -3.32. The zero-order valence-corrected chi connectivity index (χ0v) is 20.3. The van der Waals surface area contributed by atoms with Crippen molar-refractivity contribution in [3.8, 4) is 5.75 Å². The first-order valence-electron chi connectivity index (χ1n) is 10.8. The lowest BCUT2D eigenvalue weighted by atomic mass is 10.1. The zero-order chi connectivity index (χ0) is 24.0. The van der Waals surface area contributed by atoms with Crippen LogP contribution in [0.2, 0.25) is 0 Å². The second-order valence-electron chi connectivity index (χ2n) is 8.18. The number of aryl methyl sites for hydroxylation is 3. The fraction of sp³-hybridized carbons (Fsp3) is 0.269.